The summed E-state index contributed by atoms with van der Waals surface area (Å²) in [6.07, 6.45) is 8.09. The number of ether oxygens (including phenoxy) is 1. The van der Waals surface area contributed by atoms with Crippen LogP contribution >= 0.6 is 0 Å². The zero-order chi connectivity index (χ0) is 20.4. The number of fused-ring (bicyclic) bond motifs is 1. The highest BCUT2D eigenvalue weighted by Crippen LogP contribution is 2.22. The molecule has 0 amide bonds. The van der Waals surface area contributed by atoms with Crippen molar-refractivity contribution in [1.29, 1.82) is 0 Å². The van der Waals surface area contributed by atoms with Crippen LogP contribution in [0.25, 0.3) is 11.0 Å². The molecule has 0 aliphatic carbocycles. The summed E-state index contributed by atoms with van der Waals surface area (Å²) in [4.78, 5) is 16.2. The van der Waals surface area contributed by atoms with Gasteiger partial charge in [0.25, 0.3) is 0 Å². The lowest BCUT2D eigenvalue weighted by molar-refractivity contribution is 0.368. The standard InChI is InChI=1S/C22H22FN5O/c1-13-4-18-17(12-27-21(18)24-8-13)6-15-5-14(2)20(25-9-15)26-10-16-7-19(23)22(29-3)28-11-16/h4-5,7-9,11-12H,6,10H2,1-3H3,(H,24,27)(H,25,26). The molecule has 0 bridgehead atoms. The monoisotopic (exact) mass is 391 g/mol. The van der Waals surface area contributed by atoms with E-state index in [2.05, 4.69) is 37.4 Å². The van der Waals surface area contributed by atoms with Gasteiger partial charge in [-0.1, -0.05) is 6.07 Å². The number of aromatic nitrogens is 4. The van der Waals surface area contributed by atoms with Crippen LogP contribution in [0.4, 0.5) is 10.2 Å². The Balaban J connectivity index is 1.47. The first-order chi connectivity index (χ1) is 14.0. The SMILES string of the molecule is COc1ncc(CNc2ncc(Cc3c[nH]c4ncc(C)cc34)cc2C)cc1F. The molecule has 0 saturated carbocycles. The molecule has 29 heavy (non-hydrogen) atoms. The van der Waals surface area contributed by atoms with Crippen molar-refractivity contribution in [2.24, 2.45) is 0 Å². The van der Waals surface area contributed by atoms with E-state index in [0.29, 0.717) is 6.54 Å². The highest BCUT2D eigenvalue weighted by Gasteiger charge is 2.09. The molecule has 6 nitrogen and oxygen atoms in total. The van der Waals surface area contributed by atoms with Crippen molar-refractivity contribution in [1.82, 2.24) is 19.9 Å². The molecule has 0 saturated heterocycles. The van der Waals surface area contributed by atoms with E-state index in [-0.39, 0.29) is 5.88 Å². The summed E-state index contributed by atoms with van der Waals surface area (Å²) in [5, 5.41) is 4.38. The van der Waals surface area contributed by atoms with E-state index in [1.807, 2.05) is 32.4 Å². The van der Waals surface area contributed by atoms with E-state index < -0.39 is 5.82 Å². The minimum Gasteiger partial charge on any atom is -0.479 e. The number of anilines is 1. The van der Waals surface area contributed by atoms with Gasteiger partial charge >= 0.3 is 0 Å². The summed E-state index contributed by atoms with van der Waals surface area (Å²) in [7, 11) is 1.39. The molecule has 0 spiro atoms. The van der Waals surface area contributed by atoms with Crippen molar-refractivity contribution in [3.05, 3.63) is 76.6 Å². The van der Waals surface area contributed by atoms with Crippen molar-refractivity contribution in [2.45, 2.75) is 26.8 Å². The van der Waals surface area contributed by atoms with Gasteiger partial charge in [-0.3, -0.25) is 0 Å². The van der Waals surface area contributed by atoms with Crippen LogP contribution in [0.15, 0.2) is 43.0 Å². The molecule has 0 fully saturated rings. The number of halogens is 1. The van der Waals surface area contributed by atoms with E-state index >= 15 is 0 Å². The van der Waals surface area contributed by atoms with Crippen molar-refractivity contribution in [3.63, 3.8) is 0 Å². The number of H-pyrrole nitrogens is 1. The van der Waals surface area contributed by atoms with Crippen LogP contribution in [-0.2, 0) is 13.0 Å². The lowest BCUT2D eigenvalue weighted by Crippen LogP contribution is -2.05. The molecule has 0 aromatic carbocycles. The third-order valence-electron chi connectivity index (χ3n) is 4.80. The summed E-state index contributed by atoms with van der Waals surface area (Å²) in [6.45, 7) is 4.47. The van der Waals surface area contributed by atoms with Crippen LogP contribution in [0.1, 0.15) is 27.8 Å². The molecule has 0 atom stereocenters. The Morgan fingerprint density at radius 3 is 2.62 bits per heavy atom. The molecule has 7 heteroatoms. The maximum absolute atomic E-state index is 13.8. The quantitative estimate of drug-likeness (QED) is 0.512. The van der Waals surface area contributed by atoms with Gasteiger partial charge in [-0.2, -0.15) is 0 Å². The number of nitrogens with one attached hydrogen (secondary N) is 2. The minimum atomic E-state index is -0.477. The molecule has 0 unspecified atom stereocenters. The third kappa shape index (κ3) is 4.03. The second-order valence-corrected chi connectivity index (χ2v) is 7.10. The second-order valence-electron chi connectivity index (χ2n) is 7.10. The van der Waals surface area contributed by atoms with Crippen LogP contribution in [0.3, 0.4) is 0 Å². The molecule has 4 aromatic rings. The first-order valence-electron chi connectivity index (χ1n) is 9.34. The van der Waals surface area contributed by atoms with Crippen LogP contribution in [-0.4, -0.2) is 27.0 Å². The number of aryl methyl sites for hydroxylation is 2. The number of aromatic amines is 1. The molecule has 0 aliphatic rings. The number of pyridine rings is 3. The van der Waals surface area contributed by atoms with Crippen LogP contribution in [0.2, 0.25) is 0 Å². The number of rotatable bonds is 6. The van der Waals surface area contributed by atoms with Gasteiger partial charge in [-0.25, -0.2) is 19.3 Å². The van der Waals surface area contributed by atoms with Gasteiger partial charge in [0.1, 0.15) is 11.5 Å². The Kier molecular flexibility index (Phi) is 5.12. The highest BCUT2D eigenvalue weighted by atomic mass is 19.1. The summed E-state index contributed by atoms with van der Waals surface area (Å²) in [5.41, 5.74) is 6.09. The fraction of sp³-hybridized carbons (Fsp3) is 0.227. The van der Waals surface area contributed by atoms with E-state index in [0.717, 1.165) is 45.5 Å². The van der Waals surface area contributed by atoms with Gasteiger partial charge in [-0.15, -0.1) is 0 Å². The molecular formula is C22H22FN5O. The fourth-order valence-electron chi connectivity index (χ4n) is 3.34. The normalized spacial score (nSPS) is 11.0. The molecule has 0 aliphatic heterocycles. The van der Waals surface area contributed by atoms with Crippen molar-refractivity contribution in [2.75, 3.05) is 12.4 Å². The van der Waals surface area contributed by atoms with Crippen LogP contribution in [0, 0.1) is 19.7 Å². The zero-order valence-electron chi connectivity index (χ0n) is 16.6. The van der Waals surface area contributed by atoms with Gasteiger partial charge < -0.3 is 15.0 Å². The Morgan fingerprint density at radius 2 is 1.86 bits per heavy atom. The second kappa shape index (κ2) is 7.87. The van der Waals surface area contributed by atoms with Gasteiger partial charge in [0.15, 0.2) is 5.82 Å². The summed E-state index contributed by atoms with van der Waals surface area (Å²) in [5.74, 6) is 0.284. The molecule has 2 N–H and O–H groups in total. The maximum Gasteiger partial charge on any atom is 0.250 e. The largest absolute Gasteiger partial charge is 0.479 e. The smallest absolute Gasteiger partial charge is 0.250 e. The van der Waals surface area contributed by atoms with Crippen LogP contribution < -0.4 is 10.1 Å². The van der Waals surface area contributed by atoms with Crippen molar-refractivity contribution < 1.29 is 9.13 Å². The Hall–Kier alpha value is -3.48. The maximum atomic E-state index is 13.8. The van der Waals surface area contributed by atoms with Gasteiger partial charge in [-0.05, 0) is 53.8 Å². The predicted octanol–water partition coefficient (Wildman–Crippen LogP) is 4.32. The summed E-state index contributed by atoms with van der Waals surface area (Å²) in [6, 6.07) is 5.67. The molecule has 4 heterocycles. The highest BCUT2D eigenvalue weighted by molar-refractivity contribution is 5.80. The first-order valence-corrected chi connectivity index (χ1v) is 9.34. The summed E-state index contributed by atoms with van der Waals surface area (Å²) < 4.78 is 18.6. The number of methoxy groups -OCH3 is 1. The summed E-state index contributed by atoms with van der Waals surface area (Å²) >= 11 is 0. The molecule has 4 rings (SSSR count). The van der Waals surface area contributed by atoms with E-state index in [1.165, 1.54) is 18.7 Å². The van der Waals surface area contributed by atoms with Gasteiger partial charge in [0.05, 0.1) is 7.11 Å². The molecule has 148 valence electrons. The first kappa shape index (κ1) is 18.9. The van der Waals surface area contributed by atoms with E-state index in [4.69, 9.17) is 4.74 Å². The van der Waals surface area contributed by atoms with Gasteiger partial charge in [0, 0.05) is 43.1 Å². The predicted molar refractivity (Wildman–Crippen MR) is 111 cm³/mol. The minimum absolute atomic E-state index is 0.00455. The lowest BCUT2D eigenvalue weighted by Gasteiger charge is -2.11. The lowest BCUT2D eigenvalue weighted by atomic mass is 10.0. The fourth-order valence-corrected chi connectivity index (χ4v) is 3.34. The Labute approximate surface area is 168 Å². The average Bonchev–Trinajstić information content (AvgIpc) is 3.09. The average molecular weight is 391 g/mol. The van der Waals surface area contributed by atoms with Crippen molar-refractivity contribution >= 4 is 16.9 Å². The Bertz CT molecular complexity index is 1170. The van der Waals surface area contributed by atoms with Gasteiger partial charge in [0.2, 0.25) is 5.88 Å². The van der Waals surface area contributed by atoms with Crippen LogP contribution in [0.5, 0.6) is 5.88 Å². The molecule has 4 aromatic heterocycles. The number of hydrogen-bond donors (Lipinski definition) is 2. The zero-order valence-corrected chi connectivity index (χ0v) is 16.6. The molecular weight excluding hydrogens is 369 g/mol. The van der Waals surface area contributed by atoms with E-state index in [1.54, 1.807) is 6.20 Å². The number of hydrogen-bond acceptors (Lipinski definition) is 5. The Morgan fingerprint density at radius 1 is 1.03 bits per heavy atom. The topological polar surface area (TPSA) is 75.7 Å². The van der Waals surface area contributed by atoms with E-state index in [9.17, 15) is 4.39 Å². The molecule has 0 radical (unpaired) electrons. The van der Waals surface area contributed by atoms with Crippen molar-refractivity contribution in [3.8, 4) is 5.88 Å². The number of nitrogens with zero attached hydrogens (tertiary/aromatic N) is 3. The third-order valence-corrected chi connectivity index (χ3v) is 4.80.